The van der Waals surface area contributed by atoms with Crippen LogP contribution in [0.2, 0.25) is 0 Å². The lowest BCUT2D eigenvalue weighted by Crippen LogP contribution is -2.34. The maximum Gasteiger partial charge on any atom is 0.347 e. The number of nitriles is 1. The Morgan fingerprint density at radius 3 is 2.35 bits per heavy atom. The number of rotatable bonds is 7. The molecule has 0 fully saturated rings. The summed E-state index contributed by atoms with van der Waals surface area (Å²) in [6.07, 6.45) is -0.873. The summed E-state index contributed by atoms with van der Waals surface area (Å²) in [5.41, 5.74) is 1.46. The van der Waals surface area contributed by atoms with Crippen molar-refractivity contribution in [2.24, 2.45) is 0 Å². The van der Waals surface area contributed by atoms with Gasteiger partial charge in [-0.25, -0.2) is 4.79 Å². The Hall–Kier alpha value is -3.33. The molecule has 134 valence electrons. The van der Waals surface area contributed by atoms with Crippen LogP contribution in [0.1, 0.15) is 31.0 Å². The van der Waals surface area contributed by atoms with Crippen LogP contribution < -0.4 is 10.1 Å². The topological polar surface area (TPSA) is 88.4 Å². The first kappa shape index (κ1) is 19.0. The summed E-state index contributed by atoms with van der Waals surface area (Å²) in [4.78, 5) is 23.9. The molecule has 6 heteroatoms. The molecule has 2 aromatic carbocycles. The van der Waals surface area contributed by atoms with Crippen molar-refractivity contribution < 1.29 is 19.1 Å². The molecule has 0 spiro atoms. The first-order valence-electron chi connectivity index (χ1n) is 8.17. The summed E-state index contributed by atoms with van der Waals surface area (Å²) >= 11 is 0. The minimum absolute atomic E-state index is 0.185. The molecule has 0 heterocycles. The number of hydrogen-bond acceptors (Lipinski definition) is 5. The largest absolute Gasteiger partial charge is 0.479 e. The highest BCUT2D eigenvalue weighted by atomic mass is 16.6. The van der Waals surface area contributed by atoms with Gasteiger partial charge in [0.25, 0.3) is 5.91 Å². The van der Waals surface area contributed by atoms with Crippen LogP contribution in [0.3, 0.4) is 0 Å². The van der Waals surface area contributed by atoms with Crippen LogP contribution in [0.4, 0.5) is 0 Å². The maximum absolute atomic E-state index is 12.0. The van der Waals surface area contributed by atoms with Crippen LogP contribution >= 0.6 is 0 Å². The zero-order chi connectivity index (χ0) is 18.9. The molecule has 0 aliphatic carbocycles. The van der Waals surface area contributed by atoms with Crippen molar-refractivity contribution >= 4 is 11.9 Å². The van der Waals surface area contributed by atoms with Crippen LogP contribution in [-0.2, 0) is 14.3 Å². The van der Waals surface area contributed by atoms with Crippen molar-refractivity contribution in [1.82, 2.24) is 5.32 Å². The van der Waals surface area contributed by atoms with Gasteiger partial charge in [-0.15, -0.1) is 0 Å². The Balaban J connectivity index is 1.77. The zero-order valence-corrected chi connectivity index (χ0v) is 14.6. The Morgan fingerprint density at radius 2 is 1.73 bits per heavy atom. The number of amides is 1. The van der Waals surface area contributed by atoms with Crippen molar-refractivity contribution in [2.75, 3.05) is 6.61 Å². The van der Waals surface area contributed by atoms with E-state index in [-0.39, 0.29) is 18.6 Å². The van der Waals surface area contributed by atoms with Gasteiger partial charge in [-0.05, 0) is 43.7 Å². The van der Waals surface area contributed by atoms with E-state index in [4.69, 9.17) is 14.7 Å². The fraction of sp³-hybridized carbons (Fsp3) is 0.250. The SMILES string of the molecule is C[C@H](Oc1ccc(C#N)cc1)C(=O)OCC(=O)N[C@@H](C)c1ccccc1. The normalized spacial score (nSPS) is 12.3. The molecule has 0 aliphatic heterocycles. The minimum atomic E-state index is -0.873. The molecule has 2 atom stereocenters. The predicted molar refractivity (Wildman–Crippen MR) is 95.2 cm³/mol. The molecule has 0 aromatic heterocycles. The molecule has 1 N–H and O–H groups in total. The third kappa shape index (κ3) is 5.64. The van der Waals surface area contributed by atoms with Crippen molar-refractivity contribution in [3.63, 3.8) is 0 Å². The zero-order valence-electron chi connectivity index (χ0n) is 14.6. The summed E-state index contributed by atoms with van der Waals surface area (Å²) < 4.78 is 10.4. The summed E-state index contributed by atoms with van der Waals surface area (Å²) in [5.74, 6) is -0.590. The molecule has 0 radical (unpaired) electrons. The van der Waals surface area contributed by atoms with E-state index in [1.165, 1.54) is 6.92 Å². The van der Waals surface area contributed by atoms with Gasteiger partial charge in [0, 0.05) is 0 Å². The number of ether oxygens (including phenoxy) is 2. The quantitative estimate of drug-likeness (QED) is 0.774. The van der Waals surface area contributed by atoms with Gasteiger partial charge >= 0.3 is 5.97 Å². The van der Waals surface area contributed by atoms with E-state index < -0.39 is 12.1 Å². The fourth-order valence-corrected chi connectivity index (χ4v) is 2.22. The van der Waals surface area contributed by atoms with Crippen molar-refractivity contribution in [2.45, 2.75) is 26.0 Å². The lowest BCUT2D eigenvalue weighted by Gasteiger charge is -2.16. The average Bonchev–Trinajstić information content (AvgIpc) is 2.67. The third-order valence-electron chi connectivity index (χ3n) is 3.65. The van der Waals surface area contributed by atoms with E-state index in [1.807, 2.05) is 43.3 Å². The van der Waals surface area contributed by atoms with Gasteiger partial charge in [0.05, 0.1) is 17.7 Å². The van der Waals surface area contributed by atoms with Crippen molar-refractivity contribution in [3.05, 3.63) is 65.7 Å². The lowest BCUT2D eigenvalue weighted by molar-refractivity contribution is -0.154. The lowest BCUT2D eigenvalue weighted by atomic mass is 10.1. The summed E-state index contributed by atoms with van der Waals surface area (Å²) in [5, 5.41) is 11.5. The van der Waals surface area contributed by atoms with E-state index in [0.717, 1.165) is 5.56 Å². The molecule has 0 saturated carbocycles. The standard InChI is InChI=1S/C20H20N2O4/c1-14(17-6-4-3-5-7-17)22-19(23)13-25-20(24)15(2)26-18-10-8-16(12-21)9-11-18/h3-11,14-15H,13H2,1-2H3,(H,22,23)/t14-,15-/m0/s1. The van der Waals surface area contributed by atoms with Crippen LogP contribution in [0, 0.1) is 11.3 Å². The number of carbonyl (C=O) groups excluding carboxylic acids is 2. The van der Waals surface area contributed by atoms with E-state index in [1.54, 1.807) is 24.3 Å². The third-order valence-corrected chi connectivity index (χ3v) is 3.65. The highest BCUT2D eigenvalue weighted by molar-refractivity contribution is 5.82. The minimum Gasteiger partial charge on any atom is -0.479 e. The molecule has 26 heavy (non-hydrogen) atoms. The monoisotopic (exact) mass is 352 g/mol. The number of nitrogens with one attached hydrogen (secondary N) is 1. The predicted octanol–water partition coefficient (Wildman–Crippen LogP) is 2.75. The van der Waals surface area contributed by atoms with Crippen LogP contribution in [0.25, 0.3) is 0 Å². The molecule has 0 aliphatic rings. The molecular formula is C20H20N2O4. The van der Waals surface area contributed by atoms with Crippen LogP contribution in [0.15, 0.2) is 54.6 Å². The highest BCUT2D eigenvalue weighted by Crippen LogP contribution is 2.14. The second-order valence-electron chi connectivity index (χ2n) is 5.70. The maximum atomic E-state index is 12.0. The smallest absolute Gasteiger partial charge is 0.347 e. The van der Waals surface area contributed by atoms with Crippen LogP contribution in [0.5, 0.6) is 5.75 Å². The van der Waals surface area contributed by atoms with E-state index in [9.17, 15) is 9.59 Å². The molecule has 6 nitrogen and oxygen atoms in total. The highest BCUT2D eigenvalue weighted by Gasteiger charge is 2.18. The van der Waals surface area contributed by atoms with Gasteiger partial charge in [-0.1, -0.05) is 30.3 Å². The van der Waals surface area contributed by atoms with Crippen LogP contribution in [-0.4, -0.2) is 24.6 Å². The van der Waals surface area contributed by atoms with E-state index in [2.05, 4.69) is 5.32 Å². The van der Waals surface area contributed by atoms with Gasteiger partial charge in [0.2, 0.25) is 0 Å². The molecular weight excluding hydrogens is 332 g/mol. The van der Waals surface area contributed by atoms with Gasteiger partial charge in [-0.2, -0.15) is 5.26 Å². The first-order valence-corrected chi connectivity index (χ1v) is 8.17. The fourth-order valence-electron chi connectivity index (χ4n) is 2.22. The van der Waals surface area contributed by atoms with E-state index in [0.29, 0.717) is 11.3 Å². The van der Waals surface area contributed by atoms with Gasteiger partial charge < -0.3 is 14.8 Å². The molecule has 2 aromatic rings. The number of nitrogens with zero attached hydrogens (tertiary/aromatic N) is 1. The molecule has 0 saturated heterocycles. The Labute approximate surface area is 152 Å². The van der Waals surface area contributed by atoms with Gasteiger partial charge in [0.1, 0.15) is 5.75 Å². The molecule has 1 amide bonds. The Morgan fingerprint density at radius 1 is 1.08 bits per heavy atom. The van der Waals surface area contributed by atoms with Gasteiger partial charge in [0.15, 0.2) is 12.7 Å². The number of carbonyl (C=O) groups is 2. The second-order valence-corrected chi connectivity index (χ2v) is 5.70. The molecule has 0 bridgehead atoms. The molecule has 0 unspecified atom stereocenters. The average molecular weight is 352 g/mol. The summed E-state index contributed by atoms with van der Waals surface area (Å²) in [6, 6.07) is 17.7. The molecule has 2 rings (SSSR count). The van der Waals surface area contributed by atoms with Crippen molar-refractivity contribution in [1.29, 1.82) is 5.26 Å². The second kappa shape index (κ2) is 9.23. The summed E-state index contributed by atoms with van der Waals surface area (Å²) in [7, 11) is 0. The Kier molecular flexibility index (Phi) is 6.75. The number of benzene rings is 2. The summed E-state index contributed by atoms with van der Waals surface area (Å²) in [6.45, 7) is 3.01. The van der Waals surface area contributed by atoms with Crippen molar-refractivity contribution in [3.8, 4) is 11.8 Å². The van der Waals surface area contributed by atoms with E-state index >= 15 is 0 Å². The Bertz CT molecular complexity index is 782. The first-order chi connectivity index (χ1) is 12.5. The van der Waals surface area contributed by atoms with Gasteiger partial charge in [-0.3, -0.25) is 4.79 Å². The number of esters is 1. The number of hydrogen-bond donors (Lipinski definition) is 1.